The number of furan rings is 1. The third-order valence-electron chi connectivity index (χ3n) is 2.57. The van der Waals surface area contributed by atoms with E-state index in [-0.39, 0.29) is 6.04 Å². The standard InChI is InChI=1S/C12H14BrNO2/c1-6-4-9-11(13)8(7(2)14)5-10(15-3)12(9)16-6/h4-5,7H,14H2,1-3H3. The molecule has 0 saturated heterocycles. The lowest BCUT2D eigenvalue weighted by atomic mass is 10.1. The summed E-state index contributed by atoms with van der Waals surface area (Å²) in [6.07, 6.45) is 0. The highest BCUT2D eigenvalue weighted by Crippen LogP contribution is 2.38. The summed E-state index contributed by atoms with van der Waals surface area (Å²) in [6, 6.07) is 3.84. The first-order chi connectivity index (χ1) is 7.54. The molecule has 4 heteroatoms. The summed E-state index contributed by atoms with van der Waals surface area (Å²) in [7, 11) is 1.63. The van der Waals surface area contributed by atoms with Crippen molar-refractivity contribution in [3.63, 3.8) is 0 Å². The minimum Gasteiger partial charge on any atom is -0.493 e. The second-order valence-electron chi connectivity index (χ2n) is 3.87. The van der Waals surface area contributed by atoms with Gasteiger partial charge in [-0.05, 0) is 47.5 Å². The summed E-state index contributed by atoms with van der Waals surface area (Å²) in [6.45, 7) is 3.86. The van der Waals surface area contributed by atoms with E-state index in [1.807, 2.05) is 26.0 Å². The van der Waals surface area contributed by atoms with Gasteiger partial charge in [0.15, 0.2) is 11.3 Å². The molecular formula is C12H14BrNO2. The molecular weight excluding hydrogens is 270 g/mol. The highest BCUT2D eigenvalue weighted by Gasteiger charge is 2.16. The molecule has 0 bridgehead atoms. The van der Waals surface area contributed by atoms with Crippen LogP contribution in [-0.4, -0.2) is 7.11 Å². The van der Waals surface area contributed by atoms with E-state index >= 15 is 0 Å². The number of nitrogens with two attached hydrogens (primary N) is 1. The van der Waals surface area contributed by atoms with Crippen LogP contribution in [0.3, 0.4) is 0 Å². The predicted molar refractivity (Wildman–Crippen MR) is 67.8 cm³/mol. The normalized spacial score (nSPS) is 13.1. The molecule has 1 atom stereocenters. The molecule has 0 spiro atoms. The first kappa shape index (κ1) is 11.5. The largest absolute Gasteiger partial charge is 0.493 e. The SMILES string of the molecule is COc1cc(C(C)N)c(Br)c2cc(C)oc12. The van der Waals surface area contributed by atoms with Gasteiger partial charge in [0.25, 0.3) is 0 Å². The lowest BCUT2D eigenvalue weighted by Crippen LogP contribution is -2.06. The van der Waals surface area contributed by atoms with Gasteiger partial charge in [-0.25, -0.2) is 0 Å². The molecule has 0 radical (unpaired) electrons. The van der Waals surface area contributed by atoms with E-state index in [2.05, 4.69) is 15.9 Å². The maximum atomic E-state index is 5.92. The molecule has 2 rings (SSSR count). The quantitative estimate of drug-likeness (QED) is 0.917. The van der Waals surface area contributed by atoms with Gasteiger partial charge in [-0.1, -0.05) is 0 Å². The van der Waals surface area contributed by atoms with Gasteiger partial charge in [-0.2, -0.15) is 0 Å². The van der Waals surface area contributed by atoms with Crippen LogP contribution in [0.25, 0.3) is 11.0 Å². The highest BCUT2D eigenvalue weighted by molar-refractivity contribution is 9.10. The highest BCUT2D eigenvalue weighted by atomic mass is 79.9. The number of hydrogen-bond acceptors (Lipinski definition) is 3. The van der Waals surface area contributed by atoms with E-state index in [9.17, 15) is 0 Å². The van der Waals surface area contributed by atoms with Crippen LogP contribution in [0.5, 0.6) is 5.75 Å². The molecule has 0 aliphatic rings. The van der Waals surface area contributed by atoms with E-state index in [4.69, 9.17) is 14.9 Å². The van der Waals surface area contributed by atoms with E-state index in [0.717, 1.165) is 32.5 Å². The Kier molecular flexibility index (Phi) is 2.95. The van der Waals surface area contributed by atoms with Crippen LogP contribution in [0.15, 0.2) is 21.0 Å². The molecule has 0 aliphatic heterocycles. The van der Waals surface area contributed by atoms with Crippen LogP contribution in [-0.2, 0) is 0 Å². The molecule has 2 N–H and O–H groups in total. The molecule has 0 fully saturated rings. The summed E-state index contributed by atoms with van der Waals surface area (Å²) >= 11 is 3.56. The minimum absolute atomic E-state index is 0.0529. The molecule has 0 amide bonds. The van der Waals surface area contributed by atoms with Crippen molar-refractivity contribution in [2.24, 2.45) is 5.73 Å². The second kappa shape index (κ2) is 4.11. The number of rotatable bonds is 2. The van der Waals surface area contributed by atoms with Gasteiger partial charge >= 0.3 is 0 Å². The summed E-state index contributed by atoms with van der Waals surface area (Å²) in [4.78, 5) is 0. The molecule has 1 aromatic heterocycles. The maximum Gasteiger partial charge on any atom is 0.177 e. The first-order valence-electron chi connectivity index (χ1n) is 5.06. The van der Waals surface area contributed by atoms with Crippen molar-refractivity contribution in [1.29, 1.82) is 0 Å². The predicted octanol–water partition coefficient (Wildman–Crippen LogP) is 3.53. The van der Waals surface area contributed by atoms with Gasteiger partial charge in [0, 0.05) is 15.9 Å². The summed E-state index contributed by atoms with van der Waals surface area (Å²) in [5, 5.41) is 1.00. The number of halogens is 1. The number of fused-ring (bicyclic) bond motifs is 1. The van der Waals surface area contributed by atoms with Crippen molar-refractivity contribution in [1.82, 2.24) is 0 Å². The number of benzene rings is 1. The smallest absolute Gasteiger partial charge is 0.177 e. The molecule has 1 heterocycles. The van der Waals surface area contributed by atoms with Gasteiger partial charge in [-0.3, -0.25) is 0 Å². The molecule has 1 unspecified atom stereocenters. The number of ether oxygens (including phenoxy) is 1. The van der Waals surface area contributed by atoms with Gasteiger partial charge < -0.3 is 14.9 Å². The molecule has 1 aromatic carbocycles. The Morgan fingerprint density at radius 1 is 1.44 bits per heavy atom. The molecule has 0 saturated carbocycles. The van der Waals surface area contributed by atoms with Crippen LogP contribution < -0.4 is 10.5 Å². The van der Waals surface area contributed by atoms with Crippen LogP contribution in [0.1, 0.15) is 24.3 Å². The average molecular weight is 284 g/mol. The average Bonchev–Trinajstić information content (AvgIpc) is 2.60. The van der Waals surface area contributed by atoms with E-state index in [1.165, 1.54) is 0 Å². The van der Waals surface area contributed by atoms with Crippen LogP contribution in [0, 0.1) is 6.92 Å². The van der Waals surface area contributed by atoms with Crippen molar-refractivity contribution in [3.05, 3.63) is 27.9 Å². The second-order valence-corrected chi connectivity index (χ2v) is 4.66. The third-order valence-corrected chi connectivity index (χ3v) is 3.45. The molecule has 0 aliphatic carbocycles. The van der Waals surface area contributed by atoms with Crippen molar-refractivity contribution in [2.75, 3.05) is 7.11 Å². The van der Waals surface area contributed by atoms with Gasteiger partial charge in [-0.15, -0.1) is 0 Å². The number of aryl methyl sites for hydroxylation is 1. The van der Waals surface area contributed by atoms with E-state index < -0.39 is 0 Å². The van der Waals surface area contributed by atoms with Crippen LogP contribution >= 0.6 is 15.9 Å². The van der Waals surface area contributed by atoms with Crippen LogP contribution in [0.4, 0.5) is 0 Å². The zero-order valence-corrected chi connectivity index (χ0v) is 11.1. The van der Waals surface area contributed by atoms with Crippen molar-refractivity contribution < 1.29 is 9.15 Å². The number of methoxy groups -OCH3 is 1. The van der Waals surface area contributed by atoms with Gasteiger partial charge in [0.1, 0.15) is 5.76 Å². The Balaban J connectivity index is 2.82. The fraction of sp³-hybridized carbons (Fsp3) is 0.333. The zero-order chi connectivity index (χ0) is 11.9. The topological polar surface area (TPSA) is 48.4 Å². The number of hydrogen-bond donors (Lipinski definition) is 1. The molecule has 3 nitrogen and oxygen atoms in total. The van der Waals surface area contributed by atoms with Gasteiger partial charge in [0.05, 0.1) is 7.11 Å². The monoisotopic (exact) mass is 283 g/mol. The fourth-order valence-electron chi connectivity index (χ4n) is 1.77. The van der Waals surface area contributed by atoms with E-state index in [1.54, 1.807) is 7.11 Å². The Morgan fingerprint density at radius 3 is 2.69 bits per heavy atom. The lowest BCUT2D eigenvalue weighted by Gasteiger charge is -2.11. The third kappa shape index (κ3) is 1.72. The van der Waals surface area contributed by atoms with Crippen molar-refractivity contribution in [2.45, 2.75) is 19.9 Å². The Hall–Kier alpha value is -1.00. The summed E-state index contributed by atoms with van der Waals surface area (Å²) in [5.41, 5.74) is 7.70. The summed E-state index contributed by atoms with van der Waals surface area (Å²) < 4.78 is 11.9. The van der Waals surface area contributed by atoms with Crippen molar-refractivity contribution in [3.8, 4) is 5.75 Å². The first-order valence-corrected chi connectivity index (χ1v) is 5.86. The molecule has 2 aromatic rings. The Morgan fingerprint density at radius 2 is 2.12 bits per heavy atom. The maximum absolute atomic E-state index is 5.92. The fourth-order valence-corrected chi connectivity index (χ4v) is 2.54. The van der Waals surface area contributed by atoms with Gasteiger partial charge in [0.2, 0.25) is 0 Å². The Bertz CT molecular complexity index is 531. The molecule has 16 heavy (non-hydrogen) atoms. The lowest BCUT2D eigenvalue weighted by molar-refractivity contribution is 0.408. The summed E-state index contributed by atoms with van der Waals surface area (Å²) in [5.74, 6) is 1.58. The van der Waals surface area contributed by atoms with Crippen molar-refractivity contribution >= 4 is 26.9 Å². The zero-order valence-electron chi connectivity index (χ0n) is 9.50. The Labute approximate surface area is 103 Å². The minimum atomic E-state index is -0.0529. The molecule has 86 valence electrons. The van der Waals surface area contributed by atoms with E-state index in [0.29, 0.717) is 0 Å². The van der Waals surface area contributed by atoms with Crippen LogP contribution in [0.2, 0.25) is 0 Å².